The number of rotatable bonds is 5. The Balaban J connectivity index is 1.41. The van der Waals surface area contributed by atoms with Gasteiger partial charge in [-0.05, 0) is 56.2 Å². The van der Waals surface area contributed by atoms with E-state index in [1.54, 1.807) is 29.1 Å². The maximum atomic E-state index is 13.4. The molecule has 0 saturated heterocycles. The molecule has 2 saturated carbocycles. The minimum absolute atomic E-state index is 0.0445. The number of hydrogen-bond donors (Lipinski definition) is 1. The van der Waals surface area contributed by atoms with Gasteiger partial charge in [-0.3, -0.25) is 18.6 Å². The van der Waals surface area contributed by atoms with Crippen molar-refractivity contribution in [1.29, 1.82) is 0 Å². The molecule has 4 aromatic rings. The summed E-state index contributed by atoms with van der Waals surface area (Å²) in [4.78, 5) is 29.8. The van der Waals surface area contributed by atoms with Gasteiger partial charge in [0.15, 0.2) is 0 Å². The van der Waals surface area contributed by atoms with Crippen LogP contribution in [0.2, 0.25) is 0 Å². The van der Waals surface area contributed by atoms with Crippen LogP contribution in [0.4, 0.5) is 13.2 Å². The molecule has 35 heavy (non-hydrogen) atoms. The highest BCUT2D eigenvalue weighted by molar-refractivity contribution is 5.82. The van der Waals surface area contributed by atoms with Gasteiger partial charge in [0, 0.05) is 23.8 Å². The van der Waals surface area contributed by atoms with E-state index in [9.17, 15) is 22.8 Å². The summed E-state index contributed by atoms with van der Waals surface area (Å²) in [6, 6.07) is 7.23. The maximum absolute atomic E-state index is 13.4. The zero-order valence-corrected chi connectivity index (χ0v) is 18.9. The highest BCUT2D eigenvalue weighted by Gasteiger charge is 2.33. The summed E-state index contributed by atoms with van der Waals surface area (Å²) in [7, 11) is 0. The number of nitrogens with one attached hydrogen (secondary N) is 1. The Bertz CT molecular complexity index is 1530. The molecule has 2 aliphatic rings. The second kappa shape index (κ2) is 8.00. The van der Waals surface area contributed by atoms with Gasteiger partial charge in [-0.2, -0.15) is 18.3 Å². The first-order chi connectivity index (χ1) is 16.8. The third-order valence-electron chi connectivity index (χ3n) is 7.38. The van der Waals surface area contributed by atoms with Crippen LogP contribution >= 0.6 is 0 Å². The Morgan fingerprint density at radius 1 is 1.00 bits per heavy atom. The Morgan fingerprint density at radius 2 is 1.69 bits per heavy atom. The summed E-state index contributed by atoms with van der Waals surface area (Å²) < 4.78 is 44.7. The fourth-order valence-electron chi connectivity index (χ4n) is 5.04. The zero-order valence-electron chi connectivity index (χ0n) is 18.9. The van der Waals surface area contributed by atoms with E-state index in [0.29, 0.717) is 22.3 Å². The quantitative estimate of drug-likeness (QED) is 0.440. The van der Waals surface area contributed by atoms with E-state index >= 15 is 0 Å². The number of nitrogens with zero attached hydrogens (tertiary/aromatic N) is 4. The Labute approximate surface area is 197 Å². The molecule has 1 N–H and O–H groups in total. The maximum Gasteiger partial charge on any atom is 0.416 e. The summed E-state index contributed by atoms with van der Waals surface area (Å²) in [5, 5.41) is 4.25. The first-order valence-electron chi connectivity index (χ1n) is 11.9. The molecule has 182 valence electrons. The molecule has 2 aliphatic carbocycles. The minimum Gasteiger partial charge on any atom is -0.349 e. The minimum atomic E-state index is -4.45. The van der Waals surface area contributed by atoms with E-state index in [1.807, 2.05) is 0 Å². The average molecular weight is 483 g/mol. The molecule has 6 rings (SSSR count). The van der Waals surface area contributed by atoms with Gasteiger partial charge in [-0.15, -0.1) is 0 Å². The summed E-state index contributed by atoms with van der Waals surface area (Å²) in [5.74, 6) is 0. The lowest BCUT2D eigenvalue weighted by Crippen LogP contribution is -2.45. The molecule has 0 bridgehead atoms. The van der Waals surface area contributed by atoms with Crippen LogP contribution < -0.4 is 11.2 Å². The third kappa shape index (κ3) is 3.62. The van der Waals surface area contributed by atoms with Crippen molar-refractivity contribution in [3.63, 3.8) is 0 Å². The number of H-pyrrole nitrogens is 1. The molecule has 0 unspecified atom stereocenters. The van der Waals surface area contributed by atoms with Crippen LogP contribution in [0.15, 0.2) is 52.3 Å². The fourth-order valence-corrected chi connectivity index (χ4v) is 5.04. The van der Waals surface area contributed by atoms with Crippen LogP contribution in [-0.4, -0.2) is 23.9 Å². The summed E-state index contributed by atoms with van der Waals surface area (Å²) >= 11 is 0. The lowest BCUT2D eigenvalue weighted by molar-refractivity contribution is -0.138. The molecule has 0 amide bonds. The zero-order chi connectivity index (χ0) is 24.3. The number of alkyl halides is 3. The molecular weight excluding hydrogens is 459 g/mol. The van der Waals surface area contributed by atoms with Gasteiger partial charge in [0.1, 0.15) is 5.52 Å². The Kier molecular flexibility index (Phi) is 5.01. The van der Waals surface area contributed by atoms with Crippen molar-refractivity contribution in [2.45, 2.75) is 63.3 Å². The number of fused-ring (bicyclic) bond motifs is 1. The molecule has 0 spiro atoms. The lowest BCUT2D eigenvalue weighted by atomic mass is 9.91. The van der Waals surface area contributed by atoms with Gasteiger partial charge in [0.2, 0.25) is 0 Å². The number of aromatic nitrogens is 5. The van der Waals surface area contributed by atoms with Crippen LogP contribution in [0.1, 0.15) is 61.7 Å². The molecule has 0 radical (unpaired) electrons. The summed E-state index contributed by atoms with van der Waals surface area (Å²) in [6.45, 7) is -0.0445. The molecule has 3 heterocycles. The van der Waals surface area contributed by atoms with Crippen LogP contribution in [-0.2, 0) is 12.7 Å². The largest absolute Gasteiger partial charge is 0.416 e. The normalized spacial score (nSPS) is 17.0. The highest BCUT2D eigenvalue weighted by atomic mass is 19.4. The smallest absolute Gasteiger partial charge is 0.349 e. The van der Waals surface area contributed by atoms with Gasteiger partial charge in [-0.1, -0.05) is 18.2 Å². The van der Waals surface area contributed by atoms with E-state index in [4.69, 9.17) is 0 Å². The summed E-state index contributed by atoms with van der Waals surface area (Å²) in [5.41, 5.74) is 1.06. The molecule has 3 aromatic heterocycles. The standard InChI is InChI=1S/C25H24F3N5O2/c26-25(27,28)19-10-2-1-5-15(19)13-31-14-16(12-29-31)20-11-21-22(30-20)23(34)33(18-8-4-9-18)24(35)32(21)17-6-3-7-17/h1-2,5,10-12,14,17-18,30H,3-4,6-9,13H2. The van der Waals surface area contributed by atoms with Gasteiger partial charge >= 0.3 is 11.9 Å². The monoisotopic (exact) mass is 483 g/mol. The first-order valence-corrected chi connectivity index (χ1v) is 11.9. The van der Waals surface area contributed by atoms with Gasteiger partial charge in [0.25, 0.3) is 5.56 Å². The molecule has 10 heteroatoms. The van der Waals surface area contributed by atoms with Crippen molar-refractivity contribution in [1.82, 2.24) is 23.9 Å². The van der Waals surface area contributed by atoms with Crippen LogP contribution in [0, 0.1) is 0 Å². The van der Waals surface area contributed by atoms with E-state index < -0.39 is 11.7 Å². The van der Waals surface area contributed by atoms with Crippen molar-refractivity contribution >= 4 is 11.0 Å². The second-order valence-electron chi connectivity index (χ2n) is 9.52. The van der Waals surface area contributed by atoms with Crippen LogP contribution in [0.5, 0.6) is 0 Å². The summed E-state index contributed by atoms with van der Waals surface area (Å²) in [6.07, 6.45) is 4.25. The fraction of sp³-hybridized carbons (Fsp3) is 0.400. The van der Waals surface area contributed by atoms with Crippen molar-refractivity contribution in [2.24, 2.45) is 0 Å². The number of benzene rings is 1. The molecule has 0 atom stereocenters. The lowest BCUT2D eigenvalue weighted by Gasteiger charge is -2.32. The van der Waals surface area contributed by atoms with Crippen molar-refractivity contribution in [2.75, 3.05) is 0 Å². The van der Waals surface area contributed by atoms with E-state index in [-0.39, 0.29) is 35.4 Å². The SMILES string of the molecule is O=c1c2[nH]c(-c3cnn(Cc4ccccc4C(F)(F)F)c3)cc2n(C2CCC2)c(=O)n1C1CCC1. The predicted octanol–water partition coefficient (Wildman–Crippen LogP) is 4.87. The van der Waals surface area contributed by atoms with Crippen molar-refractivity contribution < 1.29 is 13.2 Å². The second-order valence-corrected chi connectivity index (χ2v) is 9.52. The van der Waals surface area contributed by atoms with E-state index in [0.717, 1.165) is 44.6 Å². The average Bonchev–Trinajstić information content (AvgIpc) is 3.38. The van der Waals surface area contributed by atoms with Gasteiger partial charge < -0.3 is 4.98 Å². The number of aromatic amines is 1. The Morgan fingerprint density at radius 3 is 2.34 bits per heavy atom. The van der Waals surface area contributed by atoms with E-state index in [2.05, 4.69) is 10.1 Å². The van der Waals surface area contributed by atoms with Crippen molar-refractivity contribution in [3.05, 3.63) is 74.7 Å². The molecule has 1 aromatic carbocycles. The third-order valence-corrected chi connectivity index (χ3v) is 7.38. The van der Waals surface area contributed by atoms with Crippen LogP contribution in [0.3, 0.4) is 0 Å². The molecular formula is C25H24F3N5O2. The van der Waals surface area contributed by atoms with Crippen molar-refractivity contribution in [3.8, 4) is 11.3 Å². The number of hydrogen-bond acceptors (Lipinski definition) is 3. The number of halogens is 3. The Hall–Kier alpha value is -3.56. The van der Waals surface area contributed by atoms with E-state index in [1.165, 1.54) is 21.4 Å². The predicted molar refractivity (Wildman–Crippen MR) is 124 cm³/mol. The van der Waals surface area contributed by atoms with Crippen LogP contribution in [0.25, 0.3) is 22.3 Å². The molecule has 0 aliphatic heterocycles. The molecule has 7 nitrogen and oxygen atoms in total. The van der Waals surface area contributed by atoms with Gasteiger partial charge in [0.05, 0.1) is 29.5 Å². The topological polar surface area (TPSA) is 77.6 Å². The first kappa shape index (κ1) is 21.9. The van der Waals surface area contributed by atoms with Gasteiger partial charge in [-0.25, -0.2) is 4.79 Å². The molecule has 2 fully saturated rings. The highest BCUT2D eigenvalue weighted by Crippen LogP contribution is 2.35.